The Morgan fingerprint density at radius 2 is 1.64 bits per heavy atom. The van der Waals surface area contributed by atoms with Crippen molar-refractivity contribution in [2.45, 2.75) is 31.6 Å². The van der Waals surface area contributed by atoms with Crippen LogP contribution in [0.1, 0.15) is 20.3 Å². The van der Waals surface area contributed by atoms with Crippen LogP contribution in [0.2, 0.25) is 0 Å². The molecule has 1 N–H and O–H groups in total. The zero-order valence-corrected chi connectivity index (χ0v) is 12.4. The Balaban J connectivity index is 1.58. The molecule has 5 saturated carbocycles. The van der Waals surface area contributed by atoms with Gasteiger partial charge in [-0.25, -0.2) is 0 Å². The van der Waals surface area contributed by atoms with Crippen LogP contribution in [0.25, 0.3) is 0 Å². The van der Waals surface area contributed by atoms with Crippen molar-refractivity contribution >= 4 is 17.8 Å². The summed E-state index contributed by atoms with van der Waals surface area (Å²) in [6.45, 7) is 2.79. The third kappa shape index (κ3) is 0.802. The molecule has 0 spiro atoms. The Morgan fingerprint density at radius 3 is 2.32 bits per heavy atom. The van der Waals surface area contributed by atoms with E-state index in [4.69, 9.17) is 9.47 Å². The molecule has 7 aliphatic rings. The Labute approximate surface area is 126 Å². The third-order valence-corrected chi connectivity index (χ3v) is 7.77. The second-order valence-corrected chi connectivity index (χ2v) is 8.05. The summed E-state index contributed by atoms with van der Waals surface area (Å²) in [5.74, 6) is 1.39. The highest BCUT2D eigenvalue weighted by Gasteiger charge is 2.97. The maximum atomic E-state index is 12.9. The van der Waals surface area contributed by atoms with Gasteiger partial charge in [-0.05, 0) is 30.1 Å². The molecule has 22 heavy (non-hydrogen) atoms. The first-order chi connectivity index (χ1) is 10.4. The van der Waals surface area contributed by atoms with Crippen molar-refractivity contribution in [2.75, 3.05) is 0 Å². The van der Waals surface area contributed by atoms with E-state index < -0.39 is 11.3 Å². The normalized spacial score (nSPS) is 63.1. The van der Waals surface area contributed by atoms with Gasteiger partial charge in [0, 0.05) is 37.5 Å². The smallest absolute Gasteiger partial charge is 0.304 e. The monoisotopic (exact) mass is 303 g/mol. The summed E-state index contributed by atoms with van der Waals surface area (Å²) in [5.41, 5.74) is -1.81. The van der Waals surface area contributed by atoms with Crippen molar-refractivity contribution < 1.29 is 23.9 Å². The van der Waals surface area contributed by atoms with E-state index in [9.17, 15) is 14.4 Å². The van der Waals surface area contributed by atoms with Crippen LogP contribution in [-0.2, 0) is 23.9 Å². The fraction of sp³-hybridized carbons (Fsp3) is 0.812. The zero-order chi connectivity index (χ0) is 15.2. The number of fused-ring (bicyclic) bond motifs is 1. The summed E-state index contributed by atoms with van der Waals surface area (Å²) >= 11 is 0. The quantitative estimate of drug-likeness (QED) is 0.730. The number of carbonyl (C=O) groups excluding carboxylic acids is 3. The molecule has 6 heteroatoms. The summed E-state index contributed by atoms with van der Waals surface area (Å²) in [6, 6.07) is 0. The predicted molar refractivity (Wildman–Crippen MR) is 69.7 cm³/mol. The van der Waals surface area contributed by atoms with E-state index in [-0.39, 0.29) is 41.5 Å². The molecule has 7 fully saturated rings. The van der Waals surface area contributed by atoms with Gasteiger partial charge in [-0.15, -0.1) is 0 Å². The minimum absolute atomic E-state index is 0.0412. The number of hydrogen-bond acceptors (Lipinski definition) is 5. The number of piperidine rings is 2. The van der Waals surface area contributed by atoms with Crippen LogP contribution in [0.4, 0.5) is 0 Å². The molecule has 2 heterocycles. The van der Waals surface area contributed by atoms with Gasteiger partial charge in [0.05, 0.1) is 0 Å². The highest BCUT2D eigenvalue weighted by molar-refractivity contribution is 5.93. The van der Waals surface area contributed by atoms with Crippen LogP contribution in [0, 0.1) is 47.3 Å². The molecular formula is C16H17NO5. The minimum Gasteiger partial charge on any atom is -0.448 e. The van der Waals surface area contributed by atoms with Gasteiger partial charge >= 0.3 is 11.9 Å². The fourth-order valence-corrected chi connectivity index (χ4v) is 8.13. The number of ether oxygens (including phenoxy) is 2. The third-order valence-electron chi connectivity index (χ3n) is 7.77. The molecule has 0 aromatic carbocycles. The molecule has 10 unspecified atom stereocenters. The van der Waals surface area contributed by atoms with Crippen molar-refractivity contribution in [3.8, 4) is 0 Å². The molecule has 116 valence electrons. The molecule has 2 saturated heterocycles. The number of hydrogen-bond donors (Lipinski definition) is 1. The van der Waals surface area contributed by atoms with Crippen molar-refractivity contribution in [1.82, 2.24) is 5.32 Å². The van der Waals surface area contributed by atoms with Crippen LogP contribution >= 0.6 is 0 Å². The molecule has 6 nitrogen and oxygen atoms in total. The minimum atomic E-state index is -0.986. The van der Waals surface area contributed by atoms with Gasteiger partial charge in [-0.3, -0.25) is 14.4 Å². The average Bonchev–Trinajstić information content (AvgIpc) is 2.88. The SMILES string of the molecule is CC(=O)OC12NC(=O)C3(OC(C)=O)C4C5CC(C6C5C3C61)C42. The Kier molecular flexibility index (Phi) is 1.58. The first-order valence-corrected chi connectivity index (χ1v) is 8.15. The maximum absolute atomic E-state index is 12.9. The van der Waals surface area contributed by atoms with Gasteiger partial charge in [-0.2, -0.15) is 0 Å². The van der Waals surface area contributed by atoms with Crippen LogP contribution in [0.3, 0.4) is 0 Å². The molecular weight excluding hydrogens is 286 g/mol. The van der Waals surface area contributed by atoms with E-state index in [0.29, 0.717) is 23.7 Å². The lowest BCUT2D eigenvalue weighted by molar-refractivity contribution is -0.268. The summed E-state index contributed by atoms with van der Waals surface area (Å²) in [5, 5.41) is 2.98. The molecule has 0 aromatic heterocycles. The van der Waals surface area contributed by atoms with E-state index in [1.807, 2.05) is 0 Å². The Hall–Kier alpha value is -1.59. The summed E-state index contributed by atoms with van der Waals surface area (Å²) in [4.78, 5) is 36.2. The van der Waals surface area contributed by atoms with Gasteiger partial charge in [-0.1, -0.05) is 0 Å². The van der Waals surface area contributed by atoms with E-state index in [1.165, 1.54) is 13.8 Å². The standard InChI is InChI=1S/C16H17NO5/c1-4(18)21-15-10-6-3-7-9-8(6)12(15)13(9)16(11(7)10,17-14(15)20)22-5(2)19/h6-13H,3H2,1-2H3,(H,17,20). The first-order valence-electron chi connectivity index (χ1n) is 8.15. The Bertz CT molecular complexity index is 690. The van der Waals surface area contributed by atoms with Gasteiger partial charge in [0.25, 0.3) is 5.91 Å². The number of nitrogens with one attached hydrogen (secondary N) is 1. The number of carbonyl (C=O) groups is 3. The van der Waals surface area contributed by atoms with Crippen LogP contribution in [0.15, 0.2) is 0 Å². The summed E-state index contributed by atoms with van der Waals surface area (Å²) < 4.78 is 11.5. The Morgan fingerprint density at radius 1 is 1.00 bits per heavy atom. The lowest BCUT2D eigenvalue weighted by Gasteiger charge is -2.63. The average molecular weight is 303 g/mol. The van der Waals surface area contributed by atoms with E-state index in [0.717, 1.165) is 6.42 Å². The number of esters is 2. The molecule has 2 aliphatic heterocycles. The second-order valence-electron chi connectivity index (χ2n) is 8.05. The second kappa shape index (κ2) is 2.93. The molecule has 10 atom stereocenters. The van der Waals surface area contributed by atoms with Gasteiger partial charge < -0.3 is 14.8 Å². The highest BCUT2D eigenvalue weighted by atomic mass is 16.6. The van der Waals surface area contributed by atoms with Gasteiger partial charge in [0.1, 0.15) is 0 Å². The number of rotatable bonds is 2. The number of amides is 1. The lowest BCUT2D eigenvalue weighted by atomic mass is 9.51. The van der Waals surface area contributed by atoms with Crippen molar-refractivity contribution in [2.24, 2.45) is 47.3 Å². The molecule has 0 radical (unpaired) electrons. The lowest BCUT2D eigenvalue weighted by Crippen LogP contribution is -2.81. The van der Waals surface area contributed by atoms with E-state index in [1.54, 1.807) is 0 Å². The first kappa shape index (κ1) is 11.9. The van der Waals surface area contributed by atoms with Crippen LogP contribution < -0.4 is 5.32 Å². The largest absolute Gasteiger partial charge is 0.448 e. The van der Waals surface area contributed by atoms with E-state index >= 15 is 0 Å². The van der Waals surface area contributed by atoms with Crippen molar-refractivity contribution in [1.29, 1.82) is 0 Å². The van der Waals surface area contributed by atoms with E-state index in [2.05, 4.69) is 5.32 Å². The fourth-order valence-electron chi connectivity index (χ4n) is 8.13. The van der Waals surface area contributed by atoms with Crippen molar-refractivity contribution in [3.05, 3.63) is 0 Å². The zero-order valence-electron chi connectivity index (χ0n) is 12.4. The maximum Gasteiger partial charge on any atom is 0.304 e. The van der Waals surface area contributed by atoms with Gasteiger partial charge in [0.15, 0.2) is 11.3 Å². The summed E-state index contributed by atoms with van der Waals surface area (Å²) in [7, 11) is 0. The molecule has 1 amide bonds. The molecule has 0 aromatic rings. The topological polar surface area (TPSA) is 81.7 Å². The van der Waals surface area contributed by atoms with Crippen LogP contribution in [0.5, 0.6) is 0 Å². The predicted octanol–water partition coefficient (Wildman–Crippen LogP) is 0.0652. The van der Waals surface area contributed by atoms with Crippen molar-refractivity contribution in [3.63, 3.8) is 0 Å². The van der Waals surface area contributed by atoms with Gasteiger partial charge in [0.2, 0.25) is 0 Å². The summed E-state index contributed by atoms with van der Waals surface area (Å²) in [6.07, 6.45) is 1.10. The molecule has 4 bridgehead atoms. The van der Waals surface area contributed by atoms with Crippen LogP contribution in [-0.4, -0.2) is 29.2 Å². The molecule has 5 aliphatic carbocycles. The highest BCUT2D eigenvalue weighted by Crippen LogP contribution is 2.89. The molecule has 7 rings (SSSR count).